The third-order valence-corrected chi connectivity index (χ3v) is 6.85. The molecule has 6 nitrogen and oxygen atoms in total. The lowest BCUT2D eigenvalue weighted by molar-refractivity contribution is -0.118. The predicted molar refractivity (Wildman–Crippen MR) is 145 cm³/mol. The normalized spacial score (nSPS) is 11.3. The minimum atomic E-state index is -0.295. The van der Waals surface area contributed by atoms with Crippen LogP contribution < -0.4 is 11.0 Å². The zero-order valence-electron chi connectivity index (χ0n) is 18.4. The van der Waals surface area contributed by atoms with Gasteiger partial charge in [-0.2, -0.15) is 5.10 Å². The molecule has 8 heteroatoms. The second kappa shape index (κ2) is 10.2. The van der Waals surface area contributed by atoms with Gasteiger partial charge >= 0.3 is 0 Å². The van der Waals surface area contributed by atoms with Crippen molar-refractivity contribution >= 4 is 61.5 Å². The average molecular weight is 543 g/mol. The van der Waals surface area contributed by atoms with Crippen LogP contribution in [0.25, 0.3) is 27.4 Å². The van der Waals surface area contributed by atoms with E-state index in [1.54, 1.807) is 18.3 Å². The van der Waals surface area contributed by atoms with Crippen LogP contribution in [-0.2, 0) is 4.79 Å². The SMILES string of the molecule is O=C(CSc1nc2ccccc2c(=O)n1-c1ccc(Br)cc1)NN=Cc1cccc2ccccc12. The van der Waals surface area contributed by atoms with Crippen molar-refractivity contribution in [1.29, 1.82) is 0 Å². The van der Waals surface area contributed by atoms with E-state index in [4.69, 9.17) is 0 Å². The summed E-state index contributed by atoms with van der Waals surface area (Å²) in [7, 11) is 0. The molecule has 1 aromatic heterocycles. The molecule has 1 N–H and O–H groups in total. The summed E-state index contributed by atoms with van der Waals surface area (Å²) in [6.45, 7) is 0. The van der Waals surface area contributed by atoms with Crippen molar-refractivity contribution in [2.24, 2.45) is 5.10 Å². The first-order chi connectivity index (χ1) is 17.1. The molecule has 4 aromatic carbocycles. The van der Waals surface area contributed by atoms with Crippen molar-refractivity contribution in [3.8, 4) is 5.69 Å². The summed E-state index contributed by atoms with van der Waals surface area (Å²) in [5.41, 5.74) is 4.56. The minimum absolute atomic E-state index is 0.0498. The molecule has 0 bridgehead atoms. The van der Waals surface area contributed by atoms with Crippen molar-refractivity contribution in [1.82, 2.24) is 15.0 Å². The zero-order valence-corrected chi connectivity index (χ0v) is 20.8. The van der Waals surface area contributed by atoms with Crippen LogP contribution >= 0.6 is 27.7 Å². The van der Waals surface area contributed by atoms with Crippen LogP contribution in [0.4, 0.5) is 0 Å². The number of hydrazone groups is 1. The number of rotatable bonds is 6. The molecule has 0 aliphatic carbocycles. The van der Waals surface area contributed by atoms with Crippen LogP contribution in [0.2, 0.25) is 0 Å². The van der Waals surface area contributed by atoms with Gasteiger partial charge in [0.25, 0.3) is 11.5 Å². The van der Waals surface area contributed by atoms with Gasteiger partial charge in [0.05, 0.1) is 28.6 Å². The fourth-order valence-electron chi connectivity index (χ4n) is 3.73. The molecule has 0 aliphatic rings. The number of amides is 1. The second-order valence-corrected chi connectivity index (χ2v) is 9.54. The Balaban J connectivity index is 1.37. The Morgan fingerprint density at radius 2 is 1.66 bits per heavy atom. The quantitative estimate of drug-likeness (QED) is 0.132. The Bertz CT molecular complexity index is 1630. The zero-order chi connectivity index (χ0) is 24.2. The molecule has 0 saturated carbocycles. The molecule has 1 amide bonds. The number of carbonyl (C=O) groups excluding carboxylic acids is 1. The number of nitrogens with one attached hydrogen (secondary N) is 1. The summed E-state index contributed by atoms with van der Waals surface area (Å²) in [5.74, 6) is -0.245. The maximum Gasteiger partial charge on any atom is 0.266 e. The number of carbonyl (C=O) groups is 1. The highest BCUT2D eigenvalue weighted by Crippen LogP contribution is 2.22. The third-order valence-electron chi connectivity index (χ3n) is 5.38. The number of aromatic nitrogens is 2. The van der Waals surface area contributed by atoms with Crippen LogP contribution in [0.15, 0.2) is 111 Å². The minimum Gasteiger partial charge on any atom is -0.272 e. The third kappa shape index (κ3) is 5.03. The van der Waals surface area contributed by atoms with E-state index in [-0.39, 0.29) is 17.2 Å². The maximum atomic E-state index is 13.3. The number of hydrogen-bond donors (Lipinski definition) is 1. The van der Waals surface area contributed by atoms with Crippen molar-refractivity contribution in [3.63, 3.8) is 0 Å². The highest BCUT2D eigenvalue weighted by atomic mass is 79.9. The van der Waals surface area contributed by atoms with E-state index in [1.165, 1.54) is 16.3 Å². The Morgan fingerprint density at radius 3 is 2.49 bits per heavy atom. The number of thioether (sulfide) groups is 1. The number of para-hydroxylation sites is 1. The first-order valence-electron chi connectivity index (χ1n) is 10.8. The lowest BCUT2D eigenvalue weighted by Crippen LogP contribution is -2.24. The van der Waals surface area contributed by atoms with E-state index in [9.17, 15) is 9.59 Å². The van der Waals surface area contributed by atoms with E-state index >= 15 is 0 Å². The van der Waals surface area contributed by atoms with Gasteiger partial charge in [0.15, 0.2) is 5.16 Å². The maximum absolute atomic E-state index is 13.3. The van der Waals surface area contributed by atoms with Gasteiger partial charge in [-0.1, -0.05) is 82.3 Å². The van der Waals surface area contributed by atoms with Gasteiger partial charge in [0.1, 0.15) is 0 Å². The monoisotopic (exact) mass is 542 g/mol. The topological polar surface area (TPSA) is 76.3 Å². The molecular weight excluding hydrogens is 524 g/mol. The molecule has 0 spiro atoms. The summed E-state index contributed by atoms with van der Waals surface area (Å²) in [6.07, 6.45) is 1.64. The van der Waals surface area contributed by atoms with Crippen LogP contribution in [0.5, 0.6) is 0 Å². The highest BCUT2D eigenvalue weighted by molar-refractivity contribution is 9.10. The van der Waals surface area contributed by atoms with E-state index < -0.39 is 0 Å². The molecule has 35 heavy (non-hydrogen) atoms. The Morgan fingerprint density at radius 1 is 0.943 bits per heavy atom. The van der Waals surface area contributed by atoms with Gasteiger partial charge < -0.3 is 0 Å². The van der Waals surface area contributed by atoms with E-state index in [0.717, 1.165) is 20.8 Å². The second-order valence-electron chi connectivity index (χ2n) is 7.68. The number of benzene rings is 4. The summed E-state index contributed by atoms with van der Waals surface area (Å²) in [6, 6.07) is 28.5. The smallest absolute Gasteiger partial charge is 0.266 e. The molecule has 0 saturated heterocycles. The van der Waals surface area contributed by atoms with Gasteiger partial charge in [-0.05, 0) is 47.2 Å². The van der Waals surface area contributed by atoms with Gasteiger partial charge in [0.2, 0.25) is 0 Å². The van der Waals surface area contributed by atoms with Crippen molar-refractivity contribution in [2.75, 3.05) is 5.75 Å². The first kappa shape index (κ1) is 23.0. The molecule has 0 atom stereocenters. The Kier molecular flexibility index (Phi) is 6.74. The average Bonchev–Trinajstić information content (AvgIpc) is 2.88. The number of hydrogen-bond acceptors (Lipinski definition) is 5. The lowest BCUT2D eigenvalue weighted by Gasteiger charge is -2.13. The van der Waals surface area contributed by atoms with Crippen LogP contribution in [0.1, 0.15) is 5.56 Å². The summed E-state index contributed by atoms with van der Waals surface area (Å²) >= 11 is 4.61. The fraction of sp³-hybridized carbons (Fsp3) is 0.0370. The molecule has 5 rings (SSSR count). The van der Waals surface area contributed by atoms with Gasteiger partial charge in [0, 0.05) is 10.0 Å². The van der Waals surface area contributed by atoms with E-state index in [2.05, 4.69) is 31.4 Å². The van der Waals surface area contributed by atoms with Crippen molar-refractivity contribution in [3.05, 3.63) is 111 Å². The van der Waals surface area contributed by atoms with Gasteiger partial charge in [-0.15, -0.1) is 0 Å². The molecule has 172 valence electrons. The summed E-state index contributed by atoms with van der Waals surface area (Å²) in [4.78, 5) is 30.5. The van der Waals surface area contributed by atoms with Gasteiger partial charge in [-0.25, -0.2) is 10.4 Å². The molecule has 0 aliphatic heterocycles. The number of fused-ring (bicyclic) bond motifs is 2. The van der Waals surface area contributed by atoms with Crippen molar-refractivity contribution < 1.29 is 4.79 Å². The summed E-state index contributed by atoms with van der Waals surface area (Å²) < 4.78 is 2.44. The van der Waals surface area contributed by atoms with Crippen molar-refractivity contribution in [2.45, 2.75) is 5.16 Å². The largest absolute Gasteiger partial charge is 0.272 e. The molecule has 0 radical (unpaired) electrons. The molecule has 0 fully saturated rings. The Hall–Kier alpha value is -3.75. The molecule has 5 aromatic rings. The molecular formula is C27H19BrN4O2S. The van der Waals surface area contributed by atoms with Crippen LogP contribution in [-0.4, -0.2) is 27.4 Å². The van der Waals surface area contributed by atoms with E-state index in [1.807, 2.05) is 78.9 Å². The predicted octanol–water partition coefficient (Wildman–Crippen LogP) is 5.54. The standard InChI is InChI=1S/C27H19BrN4O2S/c28-20-12-14-21(15-13-20)32-26(34)23-10-3-4-11-24(23)30-27(32)35-17-25(33)31-29-16-19-8-5-7-18-6-1-2-9-22(18)19/h1-16H,17H2,(H,31,33). The molecule has 1 heterocycles. The number of nitrogens with zero attached hydrogens (tertiary/aromatic N) is 3. The van der Waals surface area contributed by atoms with Crippen LogP contribution in [0, 0.1) is 0 Å². The summed E-state index contributed by atoms with van der Waals surface area (Å²) in [5, 5.41) is 7.24. The fourth-order valence-corrected chi connectivity index (χ4v) is 4.80. The van der Waals surface area contributed by atoms with Crippen LogP contribution in [0.3, 0.4) is 0 Å². The highest BCUT2D eigenvalue weighted by Gasteiger charge is 2.14. The van der Waals surface area contributed by atoms with Gasteiger partial charge in [-0.3, -0.25) is 14.2 Å². The van der Waals surface area contributed by atoms with E-state index in [0.29, 0.717) is 21.7 Å². The Labute approximate surface area is 213 Å². The number of halogens is 1. The molecule has 0 unspecified atom stereocenters. The first-order valence-corrected chi connectivity index (χ1v) is 12.6. The lowest BCUT2D eigenvalue weighted by atomic mass is 10.1.